The molecule has 4 heteroatoms. The molecule has 0 bridgehead atoms. The van der Waals surface area contributed by atoms with E-state index >= 15 is 0 Å². The van der Waals surface area contributed by atoms with Gasteiger partial charge in [-0.05, 0) is 61.6 Å². The Morgan fingerprint density at radius 1 is 1.08 bits per heavy atom. The van der Waals surface area contributed by atoms with Crippen molar-refractivity contribution < 1.29 is 9.53 Å². The van der Waals surface area contributed by atoms with E-state index in [1.54, 1.807) is 7.05 Å². The fourth-order valence-corrected chi connectivity index (χ4v) is 2.73. The Balaban J connectivity index is 2.23. The van der Waals surface area contributed by atoms with Crippen LogP contribution in [0.15, 0.2) is 30.3 Å². The average molecular weight is 326 g/mol. The summed E-state index contributed by atoms with van der Waals surface area (Å²) >= 11 is 0. The van der Waals surface area contributed by atoms with Crippen LogP contribution in [-0.2, 0) is 13.0 Å². The highest BCUT2D eigenvalue weighted by molar-refractivity contribution is 5.90. The van der Waals surface area contributed by atoms with Gasteiger partial charge in [-0.15, -0.1) is 0 Å². The number of nitrogens with one attached hydrogen (secondary N) is 2. The Morgan fingerprint density at radius 3 is 2.50 bits per heavy atom. The monoisotopic (exact) mass is 326 g/mol. The number of aryl methyl sites for hydroxylation is 4. The van der Waals surface area contributed by atoms with Crippen molar-refractivity contribution in [3.63, 3.8) is 0 Å². The number of ether oxygens (including phenoxy) is 1. The number of urea groups is 1. The molecule has 4 nitrogen and oxygen atoms in total. The van der Waals surface area contributed by atoms with E-state index in [-0.39, 0.29) is 6.03 Å². The average Bonchev–Trinajstić information content (AvgIpc) is 2.56. The molecule has 2 N–H and O–H groups in total. The zero-order valence-corrected chi connectivity index (χ0v) is 15.1. The third-order valence-corrected chi connectivity index (χ3v) is 4.27. The van der Waals surface area contributed by atoms with E-state index < -0.39 is 0 Å². The largest absolute Gasteiger partial charge is 0.489 e. The second-order valence-corrected chi connectivity index (χ2v) is 5.99. The van der Waals surface area contributed by atoms with Crippen LogP contribution in [0.1, 0.15) is 34.7 Å². The van der Waals surface area contributed by atoms with Gasteiger partial charge in [0.05, 0.1) is 0 Å². The van der Waals surface area contributed by atoms with Crippen LogP contribution >= 0.6 is 0 Å². The lowest BCUT2D eigenvalue weighted by Gasteiger charge is -2.17. The van der Waals surface area contributed by atoms with Crippen molar-refractivity contribution in [2.45, 2.75) is 40.7 Å². The lowest BCUT2D eigenvalue weighted by molar-refractivity contribution is 0.254. The predicted molar refractivity (Wildman–Crippen MR) is 98.9 cm³/mol. The van der Waals surface area contributed by atoms with E-state index in [0.717, 1.165) is 34.5 Å². The van der Waals surface area contributed by atoms with Crippen LogP contribution in [0.3, 0.4) is 0 Å². The second-order valence-electron chi connectivity index (χ2n) is 5.99. The van der Waals surface area contributed by atoms with Crippen molar-refractivity contribution in [2.75, 3.05) is 12.4 Å². The van der Waals surface area contributed by atoms with Gasteiger partial charge in [-0.2, -0.15) is 0 Å². The number of hydrogen-bond acceptors (Lipinski definition) is 2. The number of benzene rings is 2. The van der Waals surface area contributed by atoms with Crippen molar-refractivity contribution in [3.8, 4) is 5.75 Å². The fourth-order valence-electron chi connectivity index (χ4n) is 2.73. The molecule has 0 saturated carbocycles. The highest BCUT2D eigenvalue weighted by Gasteiger charge is 2.11. The first-order valence-corrected chi connectivity index (χ1v) is 8.26. The summed E-state index contributed by atoms with van der Waals surface area (Å²) in [6.45, 7) is 8.77. The predicted octanol–water partition coefficient (Wildman–Crippen LogP) is 4.50. The minimum absolute atomic E-state index is 0.235. The maximum Gasteiger partial charge on any atom is 0.318 e. The van der Waals surface area contributed by atoms with Gasteiger partial charge in [-0.25, -0.2) is 4.79 Å². The van der Waals surface area contributed by atoms with Crippen molar-refractivity contribution in [1.82, 2.24) is 5.32 Å². The van der Waals surface area contributed by atoms with Gasteiger partial charge in [0.15, 0.2) is 0 Å². The third-order valence-electron chi connectivity index (χ3n) is 4.27. The van der Waals surface area contributed by atoms with Crippen LogP contribution in [0.4, 0.5) is 10.5 Å². The summed E-state index contributed by atoms with van der Waals surface area (Å²) in [6.07, 6.45) is 1.02. The molecule has 24 heavy (non-hydrogen) atoms. The third kappa shape index (κ3) is 4.07. The van der Waals surface area contributed by atoms with Gasteiger partial charge in [0.1, 0.15) is 12.4 Å². The summed E-state index contributed by atoms with van der Waals surface area (Å²) in [7, 11) is 1.60. The van der Waals surface area contributed by atoms with Crippen LogP contribution in [0.2, 0.25) is 0 Å². The Kier molecular flexibility index (Phi) is 5.85. The zero-order chi connectivity index (χ0) is 17.7. The maximum atomic E-state index is 11.6. The quantitative estimate of drug-likeness (QED) is 0.849. The number of hydrogen-bond donors (Lipinski definition) is 2. The molecule has 0 atom stereocenters. The van der Waals surface area contributed by atoms with Crippen LogP contribution in [0, 0.1) is 20.8 Å². The lowest BCUT2D eigenvalue weighted by Crippen LogP contribution is -2.25. The van der Waals surface area contributed by atoms with Gasteiger partial charge in [0.2, 0.25) is 0 Å². The highest BCUT2D eigenvalue weighted by Crippen LogP contribution is 2.26. The number of amides is 2. The summed E-state index contributed by atoms with van der Waals surface area (Å²) in [5.74, 6) is 0.888. The summed E-state index contributed by atoms with van der Waals surface area (Å²) in [5.41, 5.74) is 6.56. The topological polar surface area (TPSA) is 50.4 Å². The number of anilines is 1. The smallest absolute Gasteiger partial charge is 0.318 e. The van der Waals surface area contributed by atoms with Crippen molar-refractivity contribution >= 4 is 11.7 Å². The molecular weight excluding hydrogens is 300 g/mol. The Morgan fingerprint density at radius 2 is 1.83 bits per heavy atom. The van der Waals surface area contributed by atoms with E-state index in [9.17, 15) is 4.79 Å². The molecule has 2 amide bonds. The molecule has 2 rings (SSSR count). The number of carbonyl (C=O) groups is 1. The van der Waals surface area contributed by atoms with Gasteiger partial charge >= 0.3 is 6.03 Å². The summed E-state index contributed by atoms with van der Waals surface area (Å²) < 4.78 is 6.07. The molecule has 0 aliphatic carbocycles. The summed E-state index contributed by atoms with van der Waals surface area (Å²) in [5, 5.41) is 5.42. The van der Waals surface area contributed by atoms with Crippen molar-refractivity contribution in [3.05, 3.63) is 58.1 Å². The minimum Gasteiger partial charge on any atom is -0.489 e. The summed E-state index contributed by atoms with van der Waals surface area (Å²) in [4.78, 5) is 11.6. The van der Waals surface area contributed by atoms with Crippen LogP contribution < -0.4 is 15.4 Å². The van der Waals surface area contributed by atoms with Gasteiger partial charge in [-0.3, -0.25) is 0 Å². The fraction of sp³-hybridized carbons (Fsp3) is 0.350. The van der Waals surface area contributed by atoms with Gasteiger partial charge < -0.3 is 15.4 Å². The Bertz CT molecular complexity index is 739. The van der Waals surface area contributed by atoms with E-state index in [4.69, 9.17) is 4.74 Å². The van der Waals surface area contributed by atoms with E-state index in [1.165, 1.54) is 11.1 Å². The van der Waals surface area contributed by atoms with Crippen LogP contribution in [0.5, 0.6) is 5.75 Å². The Hall–Kier alpha value is -2.49. The molecule has 0 saturated heterocycles. The molecule has 0 spiro atoms. The van der Waals surface area contributed by atoms with E-state index in [1.807, 2.05) is 25.1 Å². The van der Waals surface area contributed by atoms with E-state index in [2.05, 4.69) is 43.5 Å². The maximum absolute atomic E-state index is 11.6. The number of carbonyl (C=O) groups excluding carboxylic acids is 1. The van der Waals surface area contributed by atoms with Crippen LogP contribution in [-0.4, -0.2) is 13.1 Å². The molecule has 128 valence electrons. The van der Waals surface area contributed by atoms with E-state index in [0.29, 0.717) is 6.61 Å². The van der Waals surface area contributed by atoms with Gasteiger partial charge in [0.25, 0.3) is 0 Å². The molecule has 0 aliphatic rings. The van der Waals surface area contributed by atoms with Gasteiger partial charge in [0, 0.05) is 18.3 Å². The van der Waals surface area contributed by atoms with Crippen molar-refractivity contribution in [1.29, 1.82) is 0 Å². The molecule has 2 aromatic rings. The number of rotatable bonds is 5. The first kappa shape index (κ1) is 17.9. The zero-order valence-electron chi connectivity index (χ0n) is 15.1. The SMILES string of the molecule is CCc1cc(C)c(OCc2c(C)cccc2NC(=O)NC)cc1C. The van der Waals surface area contributed by atoms with Crippen LogP contribution in [0.25, 0.3) is 0 Å². The molecule has 2 aromatic carbocycles. The standard InChI is InChI=1S/C20H26N2O2/c1-6-16-10-15(4)19(11-14(16)3)24-12-17-13(2)8-7-9-18(17)22-20(23)21-5/h7-11H,6,12H2,1-5H3,(H2,21,22,23). The molecule has 0 aliphatic heterocycles. The molecule has 0 unspecified atom stereocenters. The normalized spacial score (nSPS) is 10.4. The molecular formula is C20H26N2O2. The molecule has 0 fully saturated rings. The second kappa shape index (κ2) is 7.86. The van der Waals surface area contributed by atoms with Crippen molar-refractivity contribution in [2.24, 2.45) is 0 Å². The van der Waals surface area contributed by atoms with Gasteiger partial charge in [-0.1, -0.05) is 25.1 Å². The first-order valence-electron chi connectivity index (χ1n) is 8.26. The molecule has 0 radical (unpaired) electrons. The molecule has 0 aromatic heterocycles. The molecule has 0 heterocycles. The Labute approximate surface area is 144 Å². The lowest BCUT2D eigenvalue weighted by atomic mass is 10.0. The minimum atomic E-state index is -0.235. The highest BCUT2D eigenvalue weighted by atomic mass is 16.5. The first-order chi connectivity index (χ1) is 11.5. The summed E-state index contributed by atoms with van der Waals surface area (Å²) in [6, 6.07) is 9.88.